The quantitative estimate of drug-likeness (QED) is 0.911. The van der Waals surface area contributed by atoms with Gasteiger partial charge < -0.3 is 10.2 Å². The fourth-order valence-corrected chi connectivity index (χ4v) is 2.57. The van der Waals surface area contributed by atoms with E-state index in [0.29, 0.717) is 12.5 Å². The van der Waals surface area contributed by atoms with Crippen molar-refractivity contribution < 1.29 is 9.59 Å². The Balaban J connectivity index is 2.42. The van der Waals surface area contributed by atoms with Crippen molar-refractivity contribution in [3.8, 4) is 0 Å². The first kappa shape index (κ1) is 14.6. The van der Waals surface area contributed by atoms with E-state index >= 15 is 0 Å². The van der Waals surface area contributed by atoms with Gasteiger partial charge in [-0.1, -0.05) is 50.6 Å². The number of rotatable bonds is 4. The highest BCUT2D eigenvalue weighted by Gasteiger charge is 2.46. The molecule has 108 valence electrons. The summed E-state index contributed by atoms with van der Waals surface area (Å²) in [6.45, 7) is 6.73. The zero-order valence-corrected chi connectivity index (χ0v) is 12.3. The number of benzene rings is 1. The second-order valence-electron chi connectivity index (χ2n) is 5.64. The maximum absolute atomic E-state index is 12.4. The number of piperazine rings is 1. The monoisotopic (exact) mass is 274 g/mol. The molecule has 1 aromatic carbocycles. The van der Waals surface area contributed by atoms with Crippen molar-refractivity contribution in [2.24, 2.45) is 5.92 Å². The number of amides is 2. The lowest BCUT2D eigenvalue weighted by Gasteiger charge is -2.44. The summed E-state index contributed by atoms with van der Waals surface area (Å²) < 4.78 is 0. The Kier molecular flexibility index (Phi) is 4.12. The lowest BCUT2D eigenvalue weighted by atomic mass is 9.86. The summed E-state index contributed by atoms with van der Waals surface area (Å²) in [7, 11) is 0. The molecule has 1 fully saturated rings. The second-order valence-corrected chi connectivity index (χ2v) is 5.64. The third-order valence-corrected chi connectivity index (χ3v) is 4.21. The first-order valence-corrected chi connectivity index (χ1v) is 7.14. The van der Waals surface area contributed by atoms with Crippen molar-refractivity contribution in [1.82, 2.24) is 10.2 Å². The molecule has 0 aliphatic carbocycles. The molecule has 0 saturated carbocycles. The van der Waals surface area contributed by atoms with Gasteiger partial charge in [0.15, 0.2) is 0 Å². The zero-order valence-electron chi connectivity index (χ0n) is 12.3. The highest BCUT2D eigenvalue weighted by Crippen LogP contribution is 2.31. The van der Waals surface area contributed by atoms with Crippen LogP contribution in [0.2, 0.25) is 0 Å². The summed E-state index contributed by atoms with van der Waals surface area (Å²) in [5.41, 5.74) is -0.0612. The average Bonchev–Trinajstić information content (AvgIpc) is 2.48. The van der Waals surface area contributed by atoms with Gasteiger partial charge >= 0.3 is 0 Å². The predicted octanol–water partition coefficient (Wildman–Crippen LogP) is 1.91. The Morgan fingerprint density at radius 1 is 1.30 bits per heavy atom. The number of hydrogen-bond acceptors (Lipinski definition) is 2. The molecular weight excluding hydrogens is 252 g/mol. The first-order valence-electron chi connectivity index (χ1n) is 7.14. The van der Waals surface area contributed by atoms with Gasteiger partial charge in [-0.25, -0.2) is 0 Å². The molecule has 1 N–H and O–H groups in total. The first-order chi connectivity index (χ1) is 9.50. The largest absolute Gasteiger partial charge is 0.345 e. The molecule has 1 heterocycles. The lowest BCUT2D eigenvalue weighted by Crippen LogP contribution is -2.64. The molecule has 2 rings (SSSR count). The van der Waals surface area contributed by atoms with Crippen molar-refractivity contribution in [2.75, 3.05) is 13.1 Å². The van der Waals surface area contributed by atoms with Crippen LogP contribution in [0.4, 0.5) is 0 Å². The average molecular weight is 274 g/mol. The fraction of sp³-hybridized carbons (Fsp3) is 0.500. The summed E-state index contributed by atoms with van der Waals surface area (Å²) >= 11 is 0. The molecule has 0 bridgehead atoms. The molecule has 0 aromatic heterocycles. The van der Waals surface area contributed by atoms with Crippen LogP contribution in [-0.2, 0) is 15.1 Å². The van der Waals surface area contributed by atoms with E-state index < -0.39 is 5.54 Å². The number of carbonyl (C=O) groups is 2. The third-order valence-electron chi connectivity index (χ3n) is 4.21. The molecule has 2 atom stereocenters. The zero-order chi connectivity index (χ0) is 14.8. The molecule has 2 amide bonds. The van der Waals surface area contributed by atoms with Crippen molar-refractivity contribution in [1.29, 1.82) is 0 Å². The molecule has 1 saturated heterocycles. The van der Waals surface area contributed by atoms with Crippen LogP contribution in [0, 0.1) is 5.92 Å². The third kappa shape index (κ3) is 2.42. The van der Waals surface area contributed by atoms with Crippen LogP contribution >= 0.6 is 0 Å². The number of hydrogen-bond donors (Lipinski definition) is 1. The minimum absolute atomic E-state index is 0.0174. The Hall–Kier alpha value is -1.84. The molecule has 2 unspecified atom stereocenters. The normalized spacial score (nSPS) is 24.4. The molecular formula is C16H22N2O2. The van der Waals surface area contributed by atoms with Crippen molar-refractivity contribution in [3.63, 3.8) is 0 Å². The van der Waals surface area contributed by atoms with E-state index in [1.54, 1.807) is 4.90 Å². The van der Waals surface area contributed by atoms with Crippen LogP contribution in [0.25, 0.3) is 0 Å². The maximum Gasteiger partial charge on any atom is 0.250 e. The van der Waals surface area contributed by atoms with Gasteiger partial charge in [0.05, 0.1) is 6.54 Å². The van der Waals surface area contributed by atoms with E-state index in [4.69, 9.17) is 0 Å². The van der Waals surface area contributed by atoms with E-state index in [2.05, 4.69) is 19.2 Å². The van der Waals surface area contributed by atoms with Gasteiger partial charge in [-0.3, -0.25) is 9.59 Å². The summed E-state index contributed by atoms with van der Waals surface area (Å²) in [5, 5.41) is 2.71. The van der Waals surface area contributed by atoms with Gasteiger partial charge in [0.1, 0.15) is 5.54 Å². The molecule has 0 spiro atoms. The molecule has 1 aliphatic rings. The summed E-state index contributed by atoms with van der Waals surface area (Å²) in [6, 6.07) is 9.51. The van der Waals surface area contributed by atoms with Gasteiger partial charge in [-0.2, -0.15) is 0 Å². The van der Waals surface area contributed by atoms with Crippen LogP contribution in [0.15, 0.2) is 30.3 Å². The fourth-order valence-electron chi connectivity index (χ4n) is 2.57. The van der Waals surface area contributed by atoms with Crippen molar-refractivity contribution >= 4 is 11.8 Å². The number of carbonyl (C=O) groups excluding carboxylic acids is 2. The van der Waals surface area contributed by atoms with E-state index in [9.17, 15) is 9.59 Å². The van der Waals surface area contributed by atoms with Crippen LogP contribution in [0.5, 0.6) is 0 Å². The maximum atomic E-state index is 12.4. The topological polar surface area (TPSA) is 49.4 Å². The van der Waals surface area contributed by atoms with Gasteiger partial charge in [-0.05, 0) is 18.4 Å². The van der Waals surface area contributed by atoms with Gasteiger partial charge in [0, 0.05) is 6.54 Å². The van der Waals surface area contributed by atoms with Crippen LogP contribution in [0.1, 0.15) is 32.8 Å². The highest BCUT2D eigenvalue weighted by molar-refractivity contribution is 5.98. The number of nitrogens with one attached hydrogen (secondary N) is 1. The molecule has 1 aliphatic heterocycles. The predicted molar refractivity (Wildman–Crippen MR) is 78.0 cm³/mol. The Morgan fingerprint density at radius 2 is 1.95 bits per heavy atom. The van der Waals surface area contributed by atoms with E-state index in [0.717, 1.165) is 12.0 Å². The Labute approximate surface area is 120 Å². The molecule has 4 heteroatoms. The summed E-state index contributed by atoms with van der Waals surface area (Å²) in [6.07, 6.45) is 0.982. The second kappa shape index (κ2) is 5.65. The van der Waals surface area contributed by atoms with Crippen molar-refractivity contribution in [3.05, 3.63) is 35.9 Å². The number of nitrogens with zero attached hydrogens (tertiary/aromatic N) is 1. The van der Waals surface area contributed by atoms with E-state index in [-0.39, 0.29) is 18.4 Å². The van der Waals surface area contributed by atoms with Crippen molar-refractivity contribution in [2.45, 2.75) is 32.7 Å². The van der Waals surface area contributed by atoms with Crippen LogP contribution in [0.3, 0.4) is 0 Å². The van der Waals surface area contributed by atoms with Gasteiger partial charge in [0.2, 0.25) is 5.91 Å². The van der Waals surface area contributed by atoms with Gasteiger partial charge in [-0.15, -0.1) is 0 Å². The van der Waals surface area contributed by atoms with Gasteiger partial charge in [0.25, 0.3) is 5.91 Å². The highest BCUT2D eigenvalue weighted by atomic mass is 16.2. The standard InChI is InChI=1S/C16H22N2O2/c1-4-12(2)11-18-14(19)10-17-15(20)16(18,3)13-8-6-5-7-9-13/h5-9,12H,4,10-11H2,1-3H3,(H,17,20). The minimum atomic E-state index is -0.917. The Morgan fingerprint density at radius 3 is 2.55 bits per heavy atom. The summed E-state index contributed by atoms with van der Waals surface area (Å²) in [4.78, 5) is 26.5. The molecule has 20 heavy (non-hydrogen) atoms. The van der Waals surface area contributed by atoms with Crippen LogP contribution in [-0.4, -0.2) is 29.8 Å². The minimum Gasteiger partial charge on any atom is -0.345 e. The smallest absolute Gasteiger partial charge is 0.250 e. The summed E-state index contributed by atoms with van der Waals surface area (Å²) in [5.74, 6) is 0.246. The SMILES string of the molecule is CCC(C)CN1C(=O)CNC(=O)C1(C)c1ccccc1. The Bertz CT molecular complexity index is 500. The molecule has 1 aromatic rings. The molecule has 4 nitrogen and oxygen atoms in total. The lowest BCUT2D eigenvalue weighted by molar-refractivity contribution is -0.154. The van der Waals surface area contributed by atoms with E-state index in [1.807, 2.05) is 37.3 Å². The van der Waals surface area contributed by atoms with Crippen LogP contribution < -0.4 is 5.32 Å². The molecule has 0 radical (unpaired) electrons. The van der Waals surface area contributed by atoms with E-state index in [1.165, 1.54) is 0 Å².